The minimum Gasteiger partial charge on any atom is -0.290 e. The van der Waals surface area contributed by atoms with E-state index in [9.17, 15) is 9.59 Å². The number of carbonyl (C=O) groups is 2. The van der Waals surface area contributed by atoms with Gasteiger partial charge in [-0.25, -0.2) is 0 Å². The third-order valence-electron chi connectivity index (χ3n) is 1.82. The van der Waals surface area contributed by atoms with Crippen LogP contribution in [0.2, 0.25) is 0 Å². The summed E-state index contributed by atoms with van der Waals surface area (Å²) in [7, 11) is 0. The number of carbonyl (C=O) groups excluding carboxylic acids is 2. The summed E-state index contributed by atoms with van der Waals surface area (Å²) in [5.41, 5.74) is 0.456. The lowest BCUT2D eigenvalue weighted by atomic mass is 10.0. The molecule has 1 rings (SSSR count). The second-order valence-corrected chi connectivity index (χ2v) is 3.93. The van der Waals surface area contributed by atoms with Crippen LogP contribution in [0.5, 0.6) is 0 Å². The van der Waals surface area contributed by atoms with Crippen LogP contribution in [0.15, 0.2) is 28.7 Å². The van der Waals surface area contributed by atoms with Crippen molar-refractivity contribution in [1.29, 1.82) is 0 Å². The second-order valence-electron chi connectivity index (χ2n) is 3.01. The molecule has 0 fully saturated rings. The molecule has 0 aliphatic rings. The van der Waals surface area contributed by atoms with Gasteiger partial charge in [0.1, 0.15) is 0 Å². The number of halogens is 1. The fourth-order valence-electron chi connectivity index (χ4n) is 1.13. The minimum atomic E-state index is -0.395. The molecule has 0 spiro atoms. The Balaban J connectivity index is 2.84. The molecule has 74 valence electrons. The molecule has 0 radical (unpaired) electrons. The van der Waals surface area contributed by atoms with E-state index in [2.05, 4.69) is 15.9 Å². The summed E-state index contributed by atoms with van der Waals surface area (Å²) in [6, 6.07) is 6.88. The van der Waals surface area contributed by atoms with Gasteiger partial charge in [-0.3, -0.25) is 9.59 Å². The molecule has 0 aliphatic carbocycles. The molecule has 0 saturated carbocycles. The highest BCUT2D eigenvalue weighted by atomic mass is 79.9. The van der Waals surface area contributed by atoms with Gasteiger partial charge in [-0.1, -0.05) is 35.0 Å². The molecule has 2 nitrogen and oxygen atoms in total. The summed E-state index contributed by atoms with van der Waals surface area (Å²) in [6.07, 6.45) is 1.03. The molecule has 0 aromatic heterocycles. The lowest BCUT2D eigenvalue weighted by Gasteiger charge is -1.99. The molecule has 3 heteroatoms. The van der Waals surface area contributed by atoms with Gasteiger partial charge < -0.3 is 0 Å². The fraction of sp³-hybridized carbons (Fsp3) is 0.273. The van der Waals surface area contributed by atoms with Crippen molar-refractivity contribution < 1.29 is 9.59 Å². The molecule has 0 atom stereocenters. The monoisotopic (exact) mass is 254 g/mol. The van der Waals surface area contributed by atoms with E-state index in [0.29, 0.717) is 18.4 Å². The Hall–Kier alpha value is -0.960. The summed E-state index contributed by atoms with van der Waals surface area (Å²) < 4.78 is 0.813. The van der Waals surface area contributed by atoms with Crippen LogP contribution >= 0.6 is 15.9 Å². The van der Waals surface area contributed by atoms with E-state index in [1.165, 1.54) is 0 Å². The van der Waals surface area contributed by atoms with Crippen LogP contribution in [-0.2, 0) is 4.79 Å². The van der Waals surface area contributed by atoms with Crippen LogP contribution < -0.4 is 0 Å². The highest BCUT2D eigenvalue weighted by Crippen LogP contribution is 2.13. The SMILES string of the molecule is CCCC(=O)C(=O)c1cccc(Br)c1. The third-order valence-corrected chi connectivity index (χ3v) is 2.31. The maximum atomic E-state index is 11.5. The van der Waals surface area contributed by atoms with Gasteiger partial charge in [0, 0.05) is 16.5 Å². The maximum Gasteiger partial charge on any atom is 0.228 e. The topological polar surface area (TPSA) is 34.1 Å². The summed E-state index contributed by atoms with van der Waals surface area (Å²) in [4.78, 5) is 22.8. The highest BCUT2D eigenvalue weighted by Gasteiger charge is 2.14. The molecule has 0 N–H and O–H groups in total. The first-order chi connectivity index (χ1) is 6.65. The van der Waals surface area contributed by atoms with E-state index in [0.717, 1.165) is 4.47 Å². The summed E-state index contributed by atoms with van der Waals surface area (Å²) in [6.45, 7) is 1.88. The standard InChI is InChI=1S/C11H11BrO2/c1-2-4-10(13)11(14)8-5-3-6-9(12)7-8/h3,5-7H,2,4H2,1H3. The Labute approximate surface area is 91.4 Å². The molecule has 0 heterocycles. The van der Waals surface area contributed by atoms with Gasteiger partial charge in [0.2, 0.25) is 11.6 Å². The summed E-state index contributed by atoms with van der Waals surface area (Å²) >= 11 is 3.26. The van der Waals surface area contributed by atoms with E-state index in [-0.39, 0.29) is 5.78 Å². The van der Waals surface area contributed by atoms with Crippen molar-refractivity contribution in [3.05, 3.63) is 34.3 Å². The van der Waals surface area contributed by atoms with Crippen molar-refractivity contribution in [1.82, 2.24) is 0 Å². The van der Waals surface area contributed by atoms with E-state index >= 15 is 0 Å². The Morgan fingerprint density at radius 3 is 2.64 bits per heavy atom. The van der Waals surface area contributed by atoms with E-state index in [1.807, 2.05) is 13.0 Å². The van der Waals surface area contributed by atoms with Crippen molar-refractivity contribution >= 4 is 27.5 Å². The summed E-state index contributed by atoms with van der Waals surface area (Å²) in [5.74, 6) is -0.709. The molecule has 0 saturated heterocycles. The zero-order valence-corrected chi connectivity index (χ0v) is 9.50. The largest absolute Gasteiger partial charge is 0.290 e. The molecule has 0 unspecified atom stereocenters. The molecular weight excluding hydrogens is 244 g/mol. The van der Waals surface area contributed by atoms with Crippen LogP contribution in [0.1, 0.15) is 30.1 Å². The predicted octanol–water partition coefficient (Wildman–Crippen LogP) is 3.00. The third kappa shape index (κ3) is 2.77. The molecule has 1 aromatic carbocycles. The van der Waals surface area contributed by atoms with E-state index in [1.54, 1.807) is 18.2 Å². The fourth-order valence-corrected chi connectivity index (χ4v) is 1.53. The number of hydrogen-bond acceptors (Lipinski definition) is 2. The van der Waals surface area contributed by atoms with Crippen molar-refractivity contribution in [2.75, 3.05) is 0 Å². The number of ketones is 2. The molecule has 0 aliphatic heterocycles. The molecule has 1 aromatic rings. The van der Waals surface area contributed by atoms with Crippen molar-refractivity contribution in [2.45, 2.75) is 19.8 Å². The Kier molecular flexibility index (Phi) is 4.01. The molecule has 0 amide bonds. The number of benzene rings is 1. The summed E-state index contributed by atoms with van der Waals surface area (Å²) in [5, 5.41) is 0. The average molecular weight is 255 g/mol. The zero-order chi connectivity index (χ0) is 10.6. The second kappa shape index (κ2) is 5.05. The quantitative estimate of drug-likeness (QED) is 0.612. The lowest BCUT2D eigenvalue weighted by Crippen LogP contribution is -2.13. The first-order valence-electron chi connectivity index (χ1n) is 4.48. The number of hydrogen-bond donors (Lipinski definition) is 0. The Bertz CT molecular complexity index is 358. The van der Waals surface area contributed by atoms with Crippen LogP contribution in [0, 0.1) is 0 Å². The van der Waals surface area contributed by atoms with Crippen LogP contribution in [0.25, 0.3) is 0 Å². The Morgan fingerprint density at radius 1 is 1.36 bits per heavy atom. The van der Waals surface area contributed by atoms with Crippen LogP contribution in [0.3, 0.4) is 0 Å². The number of Topliss-reactive ketones (excluding diaryl/α,β-unsaturated/α-hetero) is 2. The van der Waals surface area contributed by atoms with Gasteiger partial charge in [-0.15, -0.1) is 0 Å². The zero-order valence-electron chi connectivity index (χ0n) is 7.92. The van der Waals surface area contributed by atoms with Crippen molar-refractivity contribution in [2.24, 2.45) is 0 Å². The van der Waals surface area contributed by atoms with Crippen molar-refractivity contribution in [3.63, 3.8) is 0 Å². The van der Waals surface area contributed by atoms with Crippen LogP contribution in [0.4, 0.5) is 0 Å². The van der Waals surface area contributed by atoms with Gasteiger partial charge in [-0.2, -0.15) is 0 Å². The van der Waals surface area contributed by atoms with Gasteiger partial charge in [0.05, 0.1) is 0 Å². The molecular formula is C11H11BrO2. The van der Waals surface area contributed by atoms with Crippen molar-refractivity contribution in [3.8, 4) is 0 Å². The molecule has 14 heavy (non-hydrogen) atoms. The first-order valence-corrected chi connectivity index (χ1v) is 5.27. The normalized spacial score (nSPS) is 9.86. The first kappa shape index (κ1) is 11.1. The maximum absolute atomic E-state index is 11.5. The van der Waals surface area contributed by atoms with Gasteiger partial charge in [-0.05, 0) is 18.6 Å². The van der Waals surface area contributed by atoms with E-state index < -0.39 is 5.78 Å². The van der Waals surface area contributed by atoms with Gasteiger partial charge >= 0.3 is 0 Å². The van der Waals surface area contributed by atoms with E-state index in [4.69, 9.17) is 0 Å². The predicted molar refractivity (Wildman–Crippen MR) is 58.4 cm³/mol. The van der Waals surface area contributed by atoms with Crippen LogP contribution in [-0.4, -0.2) is 11.6 Å². The molecule has 0 bridgehead atoms. The highest BCUT2D eigenvalue weighted by molar-refractivity contribution is 9.10. The Morgan fingerprint density at radius 2 is 2.07 bits per heavy atom. The lowest BCUT2D eigenvalue weighted by molar-refractivity contribution is -0.115. The van der Waals surface area contributed by atoms with Gasteiger partial charge in [0.25, 0.3) is 0 Å². The number of rotatable bonds is 4. The minimum absolute atomic E-state index is 0.314. The average Bonchev–Trinajstić information content (AvgIpc) is 2.17. The smallest absolute Gasteiger partial charge is 0.228 e. The van der Waals surface area contributed by atoms with Gasteiger partial charge in [0.15, 0.2) is 0 Å².